The molecule has 0 saturated carbocycles. The summed E-state index contributed by atoms with van der Waals surface area (Å²) in [6, 6.07) is 45.3. The van der Waals surface area contributed by atoms with E-state index in [1.54, 1.807) is 12.4 Å². The number of benzene rings is 6. The largest absolute Gasteiger partial charge is 0.309 e. The molecule has 6 heteroatoms. The van der Waals surface area contributed by atoms with Crippen molar-refractivity contribution in [2.75, 3.05) is 0 Å². The van der Waals surface area contributed by atoms with Crippen LogP contribution in [0.2, 0.25) is 0 Å². The van der Waals surface area contributed by atoms with Crippen molar-refractivity contribution in [1.29, 1.82) is 0 Å². The molecule has 0 aliphatic carbocycles. The van der Waals surface area contributed by atoms with E-state index in [2.05, 4.69) is 133 Å². The van der Waals surface area contributed by atoms with Gasteiger partial charge in [0, 0.05) is 50.6 Å². The van der Waals surface area contributed by atoms with Crippen LogP contribution in [0.4, 0.5) is 0 Å². The van der Waals surface area contributed by atoms with Crippen molar-refractivity contribution in [3.8, 4) is 22.8 Å². The summed E-state index contributed by atoms with van der Waals surface area (Å²) in [5.74, 6) is 0.792. The average molecular weight is 589 g/mol. The predicted molar refractivity (Wildman–Crippen MR) is 187 cm³/mol. The maximum Gasteiger partial charge on any atom is 0.160 e. The normalized spacial score (nSPS) is 11.9. The molecule has 6 nitrogen and oxygen atoms in total. The summed E-state index contributed by atoms with van der Waals surface area (Å²) >= 11 is 0. The first-order valence-electron chi connectivity index (χ1n) is 15.3. The maximum atomic E-state index is 4.71. The Kier molecular flexibility index (Phi) is 5.19. The van der Waals surface area contributed by atoms with E-state index in [0.717, 1.165) is 55.7 Å². The van der Waals surface area contributed by atoms with Crippen LogP contribution in [0.1, 0.15) is 0 Å². The monoisotopic (exact) mass is 588 g/mol. The maximum absolute atomic E-state index is 4.71. The molecule has 0 N–H and O–H groups in total. The molecule has 0 spiro atoms. The fraction of sp³-hybridized carbons (Fsp3) is 0. The van der Waals surface area contributed by atoms with Crippen LogP contribution >= 0.6 is 0 Å². The minimum Gasteiger partial charge on any atom is -0.309 e. The number of hydrogen-bond donors (Lipinski definition) is 0. The lowest BCUT2D eigenvalue weighted by Gasteiger charge is -2.12. The third-order valence-electron chi connectivity index (χ3n) is 9.12. The van der Waals surface area contributed by atoms with E-state index in [-0.39, 0.29) is 0 Å². The van der Waals surface area contributed by atoms with Gasteiger partial charge in [-0.3, -0.25) is 14.5 Å². The molecule has 10 rings (SSSR count). The summed E-state index contributed by atoms with van der Waals surface area (Å²) in [7, 11) is 0. The summed E-state index contributed by atoms with van der Waals surface area (Å²) < 4.78 is 4.62. The zero-order chi connectivity index (χ0) is 30.2. The van der Waals surface area contributed by atoms with E-state index in [0.29, 0.717) is 0 Å². The zero-order valence-electron chi connectivity index (χ0n) is 24.5. The van der Waals surface area contributed by atoms with E-state index in [9.17, 15) is 0 Å². The molecule has 0 aliphatic heterocycles. The number of hydrogen-bond acceptors (Lipinski definition) is 4. The standard InChI is InChI=1S/C40H24N6/c1-2-8-26-20-38-33(19-25(26)7-1)32-15-13-28(35-24-41-17-18-42-35)21-37(32)45(38)29-14-16-31-30-10-4-6-12-36(30)46(39(31)23-29)40-22-27-9-3-5-11-34(27)43-44-40/h1-24H. The highest BCUT2D eigenvalue weighted by Crippen LogP contribution is 2.39. The van der Waals surface area contributed by atoms with Gasteiger partial charge in [0.05, 0.1) is 39.5 Å². The highest BCUT2D eigenvalue weighted by atomic mass is 15.2. The van der Waals surface area contributed by atoms with Crippen LogP contribution in [0.25, 0.3) is 88.0 Å². The van der Waals surface area contributed by atoms with Crippen LogP contribution in [-0.4, -0.2) is 29.3 Å². The molecule has 10 aromatic rings. The Morgan fingerprint density at radius 3 is 2.07 bits per heavy atom. The van der Waals surface area contributed by atoms with Crippen LogP contribution in [-0.2, 0) is 0 Å². The summed E-state index contributed by atoms with van der Waals surface area (Å²) in [4.78, 5) is 8.93. The van der Waals surface area contributed by atoms with Gasteiger partial charge in [-0.2, -0.15) is 0 Å². The van der Waals surface area contributed by atoms with Crippen LogP contribution in [0.5, 0.6) is 0 Å². The molecule has 4 heterocycles. The smallest absolute Gasteiger partial charge is 0.160 e. The lowest BCUT2D eigenvalue weighted by molar-refractivity contribution is 0.980. The van der Waals surface area contributed by atoms with Crippen LogP contribution < -0.4 is 0 Å². The topological polar surface area (TPSA) is 61.4 Å². The Morgan fingerprint density at radius 1 is 0.457 bits per heavy atom. The van der Waals surface area contributed by atoms with Gasteiger partial charge in [0.25, 0.3) is 0 Å². The van der Waals surface area contributed by atoms with Crippen LogP contribution in [0.15, 0.2) is 146 Å². The second kappa shape index (κ2) is 9.55. The van der Waals surface area contributed by atoms with Crippen molar-refractivity contribution in [1.82, 2.24) is 29.3 Å². The van der Waals surface area contributed by atoms with E-state index in [1.807, 2.05) is 24.4 Å². The molecule has 0 amide bonds. The summed E-state index contributed by atoms with van der Waals surface area (Å²) in [6.45, 7) is 0. The first-order valence-corrected chi connectivity index (χ1v) is 15.3. The van der Waals surface area contributed by atoms with E-state index < -0.39 is 0 Å². The van der Waals surface area contributed by atoms with Crippen molar-refractivity contribution in [2.24, 2.45) is 0 Å². The molecule has 214 valence electrons. The second-order valence-electron chi connectivity index (χ2n) is 11.7. The molecule has 0 aliphatic rings. The van der Waals surface area contributed by atoms with E-state index in [1.165, 1.54) is 32.3 Å². The number of para-hydroxylation sites is 1. The van der Waals surface area contributed by atoms with Crippen molar-refractivity contribution < 1.29 is 0 Å². The fourth-order valence-electron chi connectivity index (χ4n) is 7.02. The first kappa shape index (κ1) is 25.0. The van der Waals surface area contributed by atoms with Gasteiger partial charge in [-0.05, 0) is 59.3 Å². The van der Waals surface area contributed by atoms with Crippen molar-refractivity contribution in [3.63, 3.8) is 0 Å². The molecule has 0 radical (unpaired) electrons. The SMILES string of the molecule is c1ccc2cc3c(cc2c1)c1ccc(-c2cnccn2)cc1n3-c1ccc2c3ccccc3n(-c3cc4ccccc4nn3)c2c1. The zero-order valence-corrected chi connectivity index (χ0v) is 24.5. The summed E-state index contributed by atoms with van der Waals surface area (Å²) in [5.41, 5.74) is 8.24. The van der Waals surface area contributed by atoms with Gasteiger partial charge < -0.3 is 4.57 Å². The minimum absolute atomic E-state index is 0.792. The molecule has 0 atom stereocenters. The first-order chi connectivity index (χ1) is 22.8. The van der Waals surface area contributed by atoms with Gasteiger partial charge in [-0.25, -0.2) is 0 Å². The van der Waals surface area contributed by atoms with Gasteiger partial charge in [0.1, 0.15) is 0 Å². The van der Waals surface area contributed by atoms with Crippen molar-refractivity contribution in [3.05, 3.63) is 146 Å². The molecule has 6 aromatic carbocycles. The summed E-state index contributed by atoms with van der Waals surface area (Å²) in [6.07, 6.45) is 5.26. The van der Waals surface area contributed by atoms with E-state index >= 15 is 0 Å². The lowest BCUT2D eigenvalue weighted by Crippen LogP contribution is -2.00. The molecule has 0 fully saturated rings. The Hall–Kier alpha value is -6.40. The second-order valence-corrected chi connectivity index (χ2v) is 11.7. The molecule has 4 aromatic heterocycles. The number of nitrogens with zero attached hydrogens (tertiary/aromatic N) is 6. The molecular formula is C40H24N6. The van der Waals surface area contributed by atoms with Crippen molar-refractivity contribution >= 4 is 65.3 Å². The summed E-state index contributed by atoms with van der Waals surface area (Å²) in [5, 5.41) is 17.5. The molecular weight excluding hydrogens is 564 g/mol. The number of aromatic nitrogens is 6. The fourth-order valence-corrected chi connectivity index (χ4v) is 7.02. The highest BCUT2D eigenvalue weighted by Gasteiger charge is 2.18. The van der Waals surface area contributed by atoms with Crippen LogP contribution in [0, 0.1) is 0 Å². The van der Waals surface area contributed by atoms with Gasteiger partial charge in [-0.1, -0.05) is 78.9 Å². The number of fused-ring (bicyclic) bond motifs is 8. The van der Waals surface area contributed by atoms with Gasteiger partial charge in [0.15, 0.2) is 5.82 Å². The van der Waals surface area contributed by atoms with Crippen molar-refractivity contribution in [2.45, 2.75) is 0 Å². The highest BCUT2D eigenvalue weighted by molar-refractivity contribution is 6.15. The average Bonchev–Trinajstić information content (AvgIpc) is 3.62. The third-order valence-corrected chi connectivity index (χ3v) is 9.12. The minimum atomic E-state index is 0.792. The van der Waals surface area contributed by atoms with Gasteiger partial charge >= 0.3 is 0 Å². The third kappa shape index (κ3) is 3.64. The lowest BCUT2D eigenvalue weighted by atomic mass is 10.0. The predicted octanol–water partition coefficient (Wildman–Crippen LogP) is 9.43. The van der Waals surface area contributed by atoms with Gasteiger partial charge in [0.2, 0.25) is 0 Å². The Labute approximate surface area is 262 Å². The Bertz CT molecular complexity index is 2810. The Balaban J connectivity index is 1.30. The molecule has 0 bridgehead atoms. The van der Waals surface area contributed by atoms with Gasteiger partial charge in [-0.15, -0.1) is 10.2 Å². The quantitative estimate of drug-likeness (QED) is 0.206. The molecule has 0 saturated heterocycles. The molecule has 0 unspecified atom stereocenters. The number of rotatable bonds is 3. The van der Waals surface area contributed by atoms with Crippen LogP contribution in [0.3, 0.4) is 0 Å². The molecule has 46 heavy (non-hydrogen) atoms. The Morgan fingerprint density at radius 2 is 1.17 bits per heavy atom. The van der Waals surface area contributed by atoms with E-state index in [4.69, 9.17) is 5.10 Å².